The number of rotatable bonds is 3. The monoisotopic (exact) mass is 310 g/mol. The number of fused-ring (bicyclic) bond motifs is 3. The third-order valence-electron chi connectivity index (χ3n) is 4.99. The number of aromatic nitrogens is 2. The molecule has 2 heterocycles. The topological polar surface area (TPSA) is 59.0 Å². The Kier molecular flexibility index (Phi) is 3.77. The number of urea groups is 1. The first-order valence-electron chi connectivity index (χ1n) is 8.48. The predicted molar refractivity (Wildman–Crippen MR) is 89.2 cm³/mol. The number of nitrogens with one attached hydrogen (secondary N) is 2. The van der Waals surface area contributed by atoms with Crippen molar-refractivity contribution in [3.8, 4) is 11.3 Å². The second kappa shape index (κ2) is 6.07. The molecule has 2 aliphatic rings. The van der Waals surface area contributed by atoms with Crippen LogP contribution >= 0.6 is 0 Å². The van der Waals surface area contributed by atoms with Crippen molar-refractivity contribution < 1.29 is 4.79 Å². The van der Waals surface area contributed by atoms with Gasteiger partial charge in [0.25, 0.3) is 0 Å². The summed E-state index contributed by atoms with van der Waals surface area (Å²) in [6, 6.07) is 8.75. The first-order valence-corrected chi connectivity index (χ1v) is 8.48. The fourth-order valence-corrected chi connectivity index (χ4v) is 3.81. The molecule has 0 saturated heterocycles. The van der Waals surface area contributed by atoms with Crippen LogP contribution in [0.15, 0.2) is 36.8 Å². The average Bonchev–Trinajstić information content (AvgIpc) is 3.15. The largest absolute Gasteiger partial charge is 0.336 e. The van der Waals surface area contributed by atoms with Gasteiger partial charge in [-0.25, -0.2) is 9.78 Å². The van der Waals surface area contributed by atoms with Gasteiger partial charge in [0, 0.05) is 18.2 Å². The maximum Gasteiger partial charge on any atom is 0.315 e. The van der Waals surface area contributed by atoms with Gasteiger partial charge in [-0.2, -0.15) is 0 Å². The van der Waals surface area contributed by atoms with Crippen LogP contribution in [0, 0.1) is 0 Å². The van der Waals surface area contributed by atoms with Gasteiger partial charge in [0.15, 0.2) is 0 Å². The molecule has 5 nitrogen and oxygen atoms in total. The third kappa shape index (κ3) is 2.71. The summed E-state index contributed by atoms with van der Waals surface area (Å²) in [5, 5.41) is 6.15. The SMILES string of the molecule is O=C(NCC1c2ccccc2-c2cncn21)NC1CCCCC1. The summed E-state index contributed by atoms with van der Waals surface area (Å²) in [4.78, 5) is 16.4. The molecule has 1 aromatic carbocycles. The number of carbonyl (C=O) groups excluding carboxylic acids is 1. The fourth-order valence-electron chi connectivity index (χ4n) is 3.81. The van der Waals surface area contributed by atoms with Crippen molar-refractivity contribution in [3.05, 3.63) is 42.4 Å². The molecule has 2 amide bonds. The second-order valence-corrected chi connectivity index (χ2v) is 6.48. The summed E-state index contributed by atoms with van der Waals surface area (Å²) in [6.45, 7) is 0.582. The average molecular weight is 310 g/mol. The predicted octanol–water partition coefficient (Wildman–Crippen LogP) is 3.08. The molecule has 2 aromatic rings. The van der Waals surface area contributed by atoms with E-state index in [0.29, 0.717) is 12.6 Å². The minimum Gasteiger partial charge on any atom is -0.336 e. The second-order valence-electron chi connectivity index (χ2n) is 6.48. The normalized spacial score (nSPS) is 19.9. The zero-order valence-electron chi connectivity index (χ0n) is 13.2. The van der Waals surface area contributed by atoms with Gasteiger partial charge < -0.3 is 15.2 Å². The standard InChI is InChI=1S/C18H22N4O/c23-18(21-13-6-2-1-3-7-13)20-11-17-15-9-5-4-8-14(15)16-10-19-12-22(16)17/h4-5,8-10,12-13,17H,1-3,6-7,11H2,(H2,20,21,23). The maximum absolute atomic E-state index is 12.2. The van der Waals surface area contributed by atoms with Gasteiger partial charge in [-0.15, -0.1) is 0 Å². The Morgan fingerprint density at radius 1 is 1.22 bits per heavy atom. The van der Waals surface area contributed by atoms with E-state index in [1.165, 1.54) is 30.4 Å². The summed E-state index contributed by atoms with van der Waals surface area (Å²) < 4.78 is 2.14. The van der Waals surface area contributed by atoms with E-state index in [-0.39, 0.29) is 12.1 Å². The lowest BCUT2D eigenvalue weighted by Gasteiger charge is -2.23. The molecule has 23 heavy (non-hydrogen) atoms. The highest BCUT2D eigenvalue weighted by molar-refractivity contribution is 5.75. The van der Waals surface area contributed by atoms with Crippen LogP contribution in [0.2, 0.25) is 0 Å². The van der Waals surface area contributed by atoms with Gasteiger partial charge >= 0.3 is 6.03 Å². The van der Waals surface area contributed by atoms with Crippen LogP contribution in [0.3, 0.4) is 0 Å². The third-order valence-corrected chi connectivity index (χ3v) is 4.99. The highest BCUT2D eigenvalue weighted by atomic mass is 16.2. The first kappa shape index (κ1) is 14.3. The van der Waals surface area contributed by atoms with Crippen molar-refractivity contribution in [3.63, 3.8) is 0 Å². The van der Waals surface area contributed by atoms with E-state index in [1.807, 2.05) is 24.7 Å². The Morgan fingerprint density at radius 3 is 2.91 bits per heavy atom. The molecule has 5 heteroatoms. The van der Waals surface area contributed by atoms with E-state index >= 15 is 0 Å². The highest BCUT2D eigenvalue weighted by Crippen LogP contribution is 2.38. The van der Waals surface area contributed by atoms with E-state index in [2.05, 4.69) is 32.3 Å². The van der Waals surface area contributed by atoms with Gasteiger partial charge in [0.1, 0.15) is 0 Å². The molecule has 1 aliphatic heterocycles. The van der Waals surface area contributed by atoms with Gasteiger partial charge in [0.2, 0.25) is 0 Å². The molecule has 4 rings (SSSR count). The molecule has 0 spiro atoms. The molecule has 1 unspecified atom stereocenters. The summed E-state index contributed by atoms with van der Waals surface area (Å²) >= 11 is 0. The van der Waals surface area contributed by atoms with Crippen LogP contribution in [0.4, 0.5) is 4.79 Å². The van der Waals surface area contributed by atoms with Crippen LogP contribution in [0.5, 0.6) is 0 Å². The van der Waals surface area contributed by atoms with E-state index in [9.17, 15) is 4.79 Å². The van der Waals surface area contributed by atoms with E-state index in [4.69, 9.17) is 0 Å². The molecular formula is C18H22N4O. The van der Waals surface area contributed by atoms with E-state index in [0.717, 1.165) is 18.5 Å². The number of imidazole rings is 1. The van der Waals surface area contributed by atoms with Crippen LogP contribution in [-0.4, -0.2) is 28.2 Å². The molecule has 120 valence electrons. The van der Waals surface area contributed by atoms with Crippen LogP contribution < -0.4 is 10.6 Å². The number of benzene rings is 1. The number of hydrogen-bond acceptors (Lipinski definition) is 2. The van der Waals surface area contributed by atoms with E-state index in [1.54, 1.807) is 0 Å². The molecule has 0 radical (unpaired) electrons. The Balaban J connectivity index is 1.42. The summed E-state index contributed by atoms with van der Waals surface area (Å²) in [5.74, 6) is 0. The Labute approximate surface area is 136 Å². The number of carbonyl (C=O) groups is 1. The summed E-state index contributed by atoms with van der Waals surface area (Å²) in [6.07, 6.45) is 9.68. The molecular weight excluding hydrogens is 288 g/mol. The van der Waals surface area contributed by atoms with Crippen molar-refractivity contribution in [2.75, 3.05) is 6.54 Å². The summed E-state index contributed by atoms with van der Waals surface area (Å²) in [7, 11) is 0. The van der Waals surface area contributed by atoms with Crippen molar-refractivity contribution in [2.24, 2.45) is 0 Å². The molecule has 1 atom stereocenters. The van der Waals surface area contributed by atoms with Gasteiger partial charge in [-0.05, 0) is 18.4 Å². The van der Waals surface area contributed by atoms with Crippen LogP contribution in [-0.2, 0) is 0 Å². The number of amides is 2. The van der Waals surface area contributed by atoms with Crippen LogP contribution in [0.25, 0.3) is 11.3 Å². The van der Waals surface area contributed by atoms with Crippen LogP contribution in [0.1, 0.15) is 43.7 Å². The Morgan fingerprint density at radius 2 is 2.04 bits per heavy atom. The van der Waals surface area contributed by atoms with Gasteiger partial charge in [-0.3, -0.25) is 0 Å². The molecule has 1 aliphatic carbocycles. The van der Waals surface area contributed by atoms with Crippen molar-refractivity contribution in [2.45, 2.75) is 44.2 Å². The van der Waals surface area contributed by atoms with Crippen molar-refractivity contribution in [1.82, 2.24) is 20.2 Å². The lowest BCUT2D eigenvalue weighted by atomic mass is 9.96. The number of hydrogen-bond donors (Lipinski definition) is 2. The fraction of sp³-hybridized carbons (Fsp3) is 0.444. The van der Waals surface area contributed by atoms with E-state index < -0.39 is 0 Å². The molecule has 1 fully saturated rings. The lowest BCUT2D eigenvalue weighted by molar-refractivity contribution is 0.231. The number of nitrogens with zero attached hydrogens (tertiary/aromatic N) is 2. The maximum atomic E-state index is 12.2. The molecule has 1 aromatic heterocycles. The van der Waals surface area contributed by atoms with Crippen molar-refractivity contribution >= 4 is 6.03 Å². The van der Waals surface area contributed by atoms with Gasteiger partial charge in [0.05, 0.1) is 24.3 Å². The lowest BCUT2D eigenvalue weighted by Crippen LogP contribution is -2.44. The summed E-state index contributed by atoms with van der Waals surface area (Å²) in [5.41, 5.74) is 3.59. The molecule has 0 bridgehead atoms. The van der Waals surface area contributed by atoms with Gasteiger partial charge in [-0.1, -0.05) is 43.5 Å². The highest BCUT2D eigenvalue weighted by Gasteiger charge is 2.28. The zero-order chi connectivity index (χ0) is 15.6. The smallest absolute Gasteiger partial charge is 0.315 e. The molecule has 1 saturated carbocycles. The Hall–Kier alpha value is -2.30. The Bertz CT molecular complexity index is 703. The molecule has 2 N–H and O–H groups in total. The van der Waals surface area contributed by atoms with Crippen molar-refractivity contribution in [1.29, 1.82) is 0 Å². The first-order chi connectivity index (χ1) is 11.3. The minimum absolute atomic E-state index is 0.0528. The zero-order valence-corrected chi connectivity index (χ0v) is 13.2. The quantitative estimate of drug-likeness (QED) is 0.915. The minimum atomic E-state index is -0.0528.